The summed E-state index contributed by atoms with van der Waals surface area (Å²) in [4.78, 5) is 12.3. The van der Waals surface area contributed by atoms with Crippen LogP contribution in [0.5, 0.6) is 5.75 Å². The molecule has 1 aromatic heterocycles. The average molecular weight is 366 g/mol. The van der Waals surface area contributed by atoms with E-state index < -0.39 is 0 Å². The van der Waals surface area contributed by atoms with Crippen molar-refractivity contribution in [3.8, 4) is 16.3 Å². The molecule has 7 heteroatoms. The molecule has 2 N–H and O–H groups in total. The van der Waals surface area contributed by atoms with Gasteiger partial charge in [0.25, 0.3) is 5.91 Å². The Morgan fingerprint density at radius 3 is 2.54 bits per heavy atom. The molecule has 1 heterocycles. The molecule has 3 aromatic rings. The number of amides is 1. The van der Waals surface area contributed by atoms with E-state index in [-0.39, 0.29) is 5.91 Å². The first-order valence-electron chi connectivity index (χ1n) is 7.93. The monoisotopic (exact) mass is 366 g/mol. The Morgan fingerprint density at radius 2 is 1.88 bits per heavy atom. The van der Waals surface area contributed by atoms with E-state index in [2.05, 4.69) is 27.4 Å². The Morgan fingerprint density at radius 1 is 1.15 bits per heavy atom. The molecule has 0 atom stereocenters. The molecule has 0 saturated carbocycles. The van der Waals surface area contributed by atoms with Gasteiger partial charge < -0.3 is 15.4 Å². The number of methoxy groups -OCH3 is 1. The van der Waals surface area contributed by atoms with Gasteiger partial charge in [0.2, 0.25) is 5.13 Å². The van der Waals surface area contributed by atoms with Gasteiger partial charge in [-0.2, -0.15) is 0 Å². The van der Waals surface area contributed by atoms with Gasteiger partial charge in [0.15, 0.2) is 0 Å². The highest BCUT2D eigenvalue weighted by Crippen LogP contribution is 2.27. The first-order chi connectivity index (χ1) is 12.7. The van der Waals surface area contributed by atoms with Crippen LogP contribution in [0.25, 0.3) is 10.6 Å². The summed E-state index contributed by atoms with van der Waals surface area (Å²) in [6.07, 6.45) is 1.77. The Kier molecular flexibility index (Phi) is 5.60. The molecule has 132 valence electrons. The van der Waals surface area contributed by atoms with Crippen molar-refractivity contribution in [2.24, 2.45) is 0 Å². The predicted molar refractivity (Wildman–Crippen MR) is 105 cm³/mol. The third kappa shape index (κ3) is 4.25. The SMILES string of the molecule is C=CCNc1nnc(-c2ccc(NC(=O)c3ccc(OC)cc3)cc2)s1. The maximum Gasteiger partial charge on any atom is 0.255 e. The molecule has 0 spiro atoms. The lowest BCUT2D eigenvalue weighted by Crippen LogP contribution is -2.11. The van der Waals surface area contributed by atoms with E-state index in [0.717, 1.165) is 15.7 Å². The zero-order valence-corrected chi connectivity index (χ0v) is 15.0. The molecule has 6 nitrogen and oxygen atoms in total. The topological polar surface area (TPSA) is 76.1 Å². The van der Waals surface area contributed by atoms with E-state index in [1.807, 2.05) is 24.3 Å². The van der Waals surface area contributed by atoms with E-state index in [4.69, 9.17) is 4.74 Å². The predicted octanol–water partition coefficient (Wildman–Crippen LogP) is 4.06. The molecule has 0 bridgehead atoms. The van der Waals surface area contributed by atoms with Crippen molar-refractivity contribution in [1.29, 1.82) is 0 Å². The second-order valence-corrected chi connectivity index (χ2v) is 6.32. The van der Waals surface area contributed by atoms with Gasteiger partial charge in [-0.05, 0) is 48.5 Å². The summed E-state index contributed by atoms with van der Waals surface area (Å²) in [5.41, 5.74) is 2.22. The van der Waals surface area contributed by atoms with Crippen molar-refractivity contribution in [2.45, 2.75) is 0 Å². The summed E-state index contributed by atoms with van der Waals surface area (Å²) < 4.78 is 5.09. The molecule has 0 aliphatic heterocycles. The largest absolute Gasteiger partial charge is 0.497 e. The van der Waals surface area contributed by atoms with Crippen molar-refractivity contribution >= 4 is 28.1 Å². The van der Waals surface area contributed by atoms with Crippen LogP contribution in [-0.4, -0.2) is 29.8 Å². The normalized spacial score (nSPS) is 10.2. The lowest BCUT2D eigenvalue weighted by Gasteiger charge is -2.06. The summed E-state index contributed by atoms with van der Waals surface area (Å²) in [6.45, 7) is 4.30. The second-order valence-electron chi connectivity index (χ2n) is 5.34. The first-order valence-corrected chi connectivity index (χ1v) is 8.75. The fraction of sp³-hybridized carbons (Fsp3) is 0.105. The third-order valence-electron chi connectivity index (χ3n) is 3.56. The van der Waals surface area contributed by atoms with E-state index in [0.29, 0.717) is 23.5 Å². The standard InChI is InChI=1S/C19H18N4O2S/c1-3-12-20-19-23-22-18(26-19)14-4-8-15(9-5-14)21-17(24)13-6-10-16(25-2)11-7-13/h3-11H,1,12H2,2H3,(H,20,23)(H,21,24). The number of hydrogen-bond acceptors (Lipinski definition) is 6. The molecule has 0 radical (unpaired) electrons. The van der Waals surface area contributed by atoms with Gasteiger partial charge in [0, 0.05) is 23.4 Å². The quantitative estimate of drug-likeness (QED) is 0.617. The van der Waals surface area contributed by atoms with Crippen LogP contribution in [0.3, 0.4) is 0 Å². The molecule has 26 heavy (non-hydrogen) atoms. The van der Waals surface area contributed by atoms with Crippen LogP contribution in [0, 0.1) is 0 Å². The Balaban J connectivity index is 1.66. The van der Waals surface area contributed by atoms with Crippen molar-refractivity contribution in [3.05, 3.63) is 66.7 Å². The minimum Gasteiger partial charge on any atom is -0.497 e. The van der Waals surface area contributed by atoms with Crippen LogP contribution in [0.2, 0.25) is 0 Å². The van der Waals surface area contributed by atoms with E-state index in [1.165, 1.54) is 11.3 Å². The molecule has 0 saturated heterocycles. The number of rotatable bonds is 7. The number of carbonyl (C=O) groups is 1. The number of ether oxygens (including phenoxy) is 1. The maximum atomic E-state index is 12.3. The zero-order valence-electron chi connectivity index (χ0n) is 14.2. The molecule has 0 unspecified atom stereocenters. The van der Waals surface area contributed by atoms with E-state index in [1.54, 1.807) is 37.5 Å². The molecule has 3 rings (SSSR count). The Labute approximate surface area is 155 Å². The number of benzene rings is 2. The highest BCUT2D eigenvalue weighted by molar-refractivity contribution is 7.18. The molecular formula is C19H18N4O2S. The molecular weight excluding hydrogens is 348 g/mol. The summed E-state index contributed by atoms with van der Waals surface area (Å²) in [7, 11) is 1.59. The van der Waals surface area contributed by atoms with Crippen LogP contribution >= 0.6 is 11.3 Å². The molecule has 0 aliphatic carbocycles. The number of aromatic nitrogens is 2. The van der Waals surface area contributed by atoms with Crippen LogP contribution in [0.4, 0.5) is 10.8 Å². The molecule has 0 fully saturated rings. The van der Waals surface area contributed by atoms with Gasteiger partial charge >= 0.3 is 0 Å². The highest BCUT2D eigenvalue weighted by Gasteiger charge is 2.08. The second kappa shape index (κ2) is 8.26. The third-order valence-corrected chi connectivity index (χ3v) is 4.49. The van der Waals surface area contributed by atoms with Gasteiger partial charge in [-0.3, -0.25) is 4.79 Å². The van der Waals surface area contributed by atoms with Crippen molar-refractivity contribution < 1.29 is 9.53 Å². The number of carbonyl (C=O) groups excluding carboxylic acids is 1. The molecule has 2 aromatic carbocycles. The van der Waals surface area contributed by atoms with Gasteiger partial charge in [-0.15, -0.1) is 16.8 Å². The minimum atomic E-state index is -0.174. The van der Waals surface area contributed by atoms with Crippen LogP contribution < -0.4 is 15.4 Å². The maximum absolute atomic E-state index is 12.3. The molecule has 1 amide bonds. The lowest BCUT2D eigenvalue weighted by molar-refractivity contribution is 0.102. The number of nitrogens with one attached hydrogen (secondary N) is 2. The summed E-state index contributed by atoms with van der Waals surface area (Å²) in [5, 5.41) is 15.8. The number of nitrogens with zero attached hydrogens (tertiary/aromatic N) is 2. The summed E-state index contributed by atoms with van der Waals surface area (Å²) in [6, 6.07) is 14.5. The molecule has 0 aliphatic rings. The van der Waals surface area contributed by atoms with Gasteiger partial charge in [-0.25, -0.2) is 0 Å². The van der Waals surface area contributed by atoms with Crippen molar-refractivity contribution in [3.63, 3.8) is 0 Å². The number of hydrogen-bond donors (Lipinski definition) is 2. The van der Waals surface area contributed by atoms with Gasteiger partial charge in [0.05, 0.1) is 7.11 Å². The highest BCUT2D eigenvalue weighted by atomic mass is 32.1. The summed E-state index contributed by atoms with van der Waals surface area (Å²) >= 11 is 1.47. The Bertz CT molecular complexity index is 889. The van der Waals surface area contributed by atoms with Crippen LogP contribution in [-0.2, 0) is 0 Å². The Hall–Kier alpha value is -3.19. The fourth-order valence-electron chi connectivity index (χ4n) is 2.21. The van der Waals surface area contributed by atoms with Gasteiger partial charge in [-0.1, -0.05) is 17.4 Å². The number of anilines is 2. The van der Waals surface area contributed by atoms with Crippen molar-refractivity contribution in [2.75, 3.05) is 24.3 Å². The summed E-state index contributed by atoms with van der Waals surface area (Å²) in [5.74, 6) is 0.539. The van der Waals surface area contributed by atoms with Gasteiger partial charge in [0.1, 0.15) is 10.8 Å². The smallest absolute Gasteiger partial charge is 0.255 e. The first kappa shape index (κ1) is 17.6. The zero-order chi connectivity index (χ0) is 18.4. The lowest BCUT2D eigenvalue weighted by atomic mass is 10.2. The fourth-order valence-corrected chi connectivity index (χ4v) is 2.97. The van der Waals surface area contributed by atoms with Crippen LogP contribution in [0.1, 0.15) is 10.4 Å². The van der Waals surface area contributed by atoms with Crippen LogP contribution in [0.15, 0.2) is 61.2 Å². The minimum absolute atomic E-state index is 0.174. The average Bonchev–Trinajstić information content (AvgIpc) is 3.16. The van der Waals surface area contributed by atoms with E-state index in [9.17, 15) is 4.79 Å². The van der Waals surface area contributed by atoms with E-state index >= 15 is 0 Å². The van der Waals surface area contributed by atoms with Crippen molar-refractivity contribution in [1.82, 2.24) is 10.2 Å².